The zero-order valence-corrected chi connectivity index (χ0v) is 41.7. The van der Waals surface area contributed by atoms with Gasteiger partial charge < -0.3 is 30.3 Å². The highest BCUT2D eigenvalue weighted by Gasteiger charge is 2.23. The number of esters is 2. The number of hydrogen-bond donors (Lipinski definition) is 4. The van der Waals surface area contributed by atoms with Crippen LogP contribution in [0.4, 0.5) is 34.1 Å². The Balaban J connectivity index is 0.913. The average Bonchev–Trinajstić information content (AvgIpc) is 3.38. The molecular weight excluding hydrogens is 1030 g/mol. The molecule has 0 saturated heterocycles. The lowest BCUT2D eigenvalue weighted by molar-refractivity contribution is 0.0724. The number of aromatic hydroxyl groups is 2. The Bertz CT molecular complexity index is 3580. The van der Waals surface area contributed by atoms with E-state index in [1.807, 2.05) is 0 Å². The van der Waals surface area contributed by atoms with Gasteiger partial charge in [-0.15, -0.1) is 10.2 Å². The molecule has 0 aliphatic heterocycles. The van der Waals surface area contributed by atoms with Crippen LogP contribution in [0.5, 0.6) is 23.0 Å². The molecule has 0 bridgehead atoms. The van der Waals surface area contributed by atoms with Gasteiger partial charge in [0.25, 0.3) is 11.8 Å². The van der Waals surface area contributed by atoms with Crippen molar-refractivity contribution in [2.75, 3.05) is 10.6 Å². The number of anilines is 2. The number of carbonyl (C=O) groups excluding carboxylic acids is 4. The summed E-state index contributed by atoms with van der Waals surface area (Å²) in [4.78, 5) is 54.1. The minimum Gasteiger partial charge on any atom is -0.505 e. The van der Waals surface area contributed by atoms with E-state index >= 15 is 0 Å². The highest BCUT2D eigenvalue weighted by atomic mass is 35.5. The van der Waals surface area contributed by atoms with Gasteiger partial charge in [-0.3, -0.25) is 9.59 Å². The summed E-state index contributed by atoms with van der Waals surface area (Å²) in [5.41, 5.74) is 2.31. The molecule has 0 fully saturated rings. The molecule has 0 spiro atoms. The molecule has 9 aromatic rings. The molecule has 0 heterocycles. The van der Waals surface area contributed by atoms with E-state index in [2.05, 4.69) is 31.1 Å². The van der Waals surface area contributed by atoms with E-state index in [4.69, 9.17) is 55.9 Å². The summed E-state index contributed by atoms with van der Waals surface area (Å²) in [6.45, 7) is 3.33. The van der Waals surface area contributed by atoms with Crippen LogP contribution in [-0.2, 0) is 0 Å². The predicted octanol–water partition coefficient (Wildman–Crippen LogP) is 16.4. The largest absolute Gasteiger partial charge is 0.505 e. The number of benzene rings is 9. The first kappa shape index (κ1) is 50.3. The maximum absolute atomic E-state index is 13.8. The molecule has 0 aromatic heterocycles. The van der Waals surface area contributed by atoms with Gasteiger partial charge in [-0.2, -0.15) is 10.2 Å². The van der Waals surface area contributed by atoms with Crippen LogP contribution in [0.25, 0.3) is 21.5 Å². The topological polar surface area (TPSA) is 201 Å². The van der Waals surface area contributed by atoms with Crippen molar-refractivity contribution in [2.45, 2.75) is 13.8 Å². The summed E-state index contributed by atoms with van der Waals surface area (Å²) in [5.74, 6) is -3.37. The molecule has 0 aliphatic rings. The van der Waals surface area contributed by atoms with Crippen molar-refractivity contribution in [3.63, 3.8) is 0 Å². The van der Waals surface area contributed by atoms with Crippen LogP contribution in [0.3, 0.4) is 0 Å². The van der Waals surface area contributed by atoms with Crippen molar-refractivity contribution < 1.29 is 38.9 Å². The average molecular weight is 1060 g/mol. The fourth-order valence-electron chi connectivity index (χ4n) is 7.76. The minimum absolute atomic E-state index is 0.0106. The van der Waals surface area contributed by atoms with Crippen molar-refractivity contribution in [3.8, 4) is 23.0 Å². The van der Waals surface area contributed by atoms with Crippen molar-refractivity contribution >= 4 is 126 Å². The zero-order valence-electron chi connectivity index (χ0n) is 38.7. The molecule has 9 aromatic carbocycles. The third kappa shape index (κ3) is 10.7. The quantitative estimate of drug-likeness (QED) is 0.0526. The molecule has 74 heavy (non-hydrogen) atoms. The summed E-state index contributed by atoms with van der Waals surface area (Å²) >= 11 is 24.4. The number of nitrogens with one attached hydrogen (secondary N) is 2. The molecule has 9 rings (SSSR count). The summed E-state index contributed by atoms with van der Waals surface area (Å²) in [6.07, 6.45) is 0. The van der Waals surface area contributed by atoms with Gasteiger partial charge in [-0.05, 0) is 133 Å². The fraction of sp³-hybridized carbons (Fsp3) is 0.0357. The van der Waals surface area contributed by atoms with E-state index < -0.39 is 35.3 Å². The van der Waals surface area contributed by atoms with Crippen molar-refractivity contribution in [1.29, 1.82) is 0 Å². The lowest BCUT2D eigenvalue weighted by Crippen LogP contribution is -2.13. The van der Waals surface area contributed by atoms with E-state index in [-0.39, 0.29) is 55.2 Å². The Labute approximate surface area is 441 Å². The van der Waals surface area contributed by atoms with E-state index in [0.29, 0.717) is 65.5 Å². The molecule has 4 N–H and O–H groups in total. The smallest absolute Gasteiger partial charge is 0.343 e. The second-order valence-corrected chi connectivity index (χ2v) is 18.1. The number of ether oxygens (including phenoxy) is 2. The fourth-order valence-corrected chi connectivity index (χ4v) is 8.65. The van der Waals surface area contributed by atoms with Gasteiger partial charge in [-0.1, -0.05) is 107 Å². The second-order valence-electron chi connectivity index (χ2n) is 16.4. The van der Waals surface area contributed by atoms with Gasteiger partial charge in [0.1, 0.15) is 22.9 Å². The molecule has 18 heteroatoms. The number of azo groups is 2. The number of nitrogens with zero attached hydrogens (tertiary/aromatic N) is 4. The van der Waals surface area contributed by atoms with Crippen LogP contribution in [0.2, 0.25) is 20.1 Å². The maximum atomic E-state index is 13.8. The highest BCUT2D eigenvalue weighted by molar-refractivity contribution is 6.36. The highest BCUT2D eigenvalue weighted by Crippen LogP contribution is 2.42. The van der Waals surface area contributed by atoms with Crippen molar-refractivity contribution in [3.05, 3.63) is 211 Å². The summed E-state index contributed by atoms with van der Waals surface area (Å²) in [5, 5.41) is 49.5. The SMILES string of the molecule is Cc1c(N=Nc2c(O)c(C(=O)Nc3ccc(NC(=O)c4cc5ccccc5c(N=Nc5cccc(C(=O)Oc6ccc(Cl)cc6Cl)c5C)c4O)cc3)cc3ccccc23)cccc1C(=O)Oc1ccc(Cl)cc1Cl. The Hall–Kier alpha value is -8.66. The van der Waals surface area contributed by atoms with Gasteiger partial charge in [0.05, 0.1) is 43.7 Å². The first-order chi connectivity index (χ1) is 35.6. The minimum atomic E-state index is -0.689. The number of hydrogen-bond acceptors (Lipinski definition) is 12. The molecule has 0 radical (unpaired) electrons. The summed E-state index contributed by atoms with van der Waals surface area (Å²) in [7, 11) is 0. The third-order valence-electron chi connectivity index (χ3n) is 11.6. The standard InChI is InChI=1S/C56H36Cl4N6O8/c1-29-37(55(71)73-47-23-17-33(57)27-43(47)59)13-7-15-45(29)63-65-49-39-11-5-3-9-31(39)25-41(51(49)67)53(69)61-35-19-21-36(22-20-35)62-54(70)42-26-32-10-4-6-12-40(32)50(52(42)68)66-64-46-16-8-14-38(30(46)2)56(72)74-48-24-18-34(58)28-44(48)60/h3-28,67-68H,1-2H3,(H,61,69)(H,62,70). The van der Waals surface area contributed by atoms with Crippen LogP contribution in [0.15, 0.2) is 178 Å². The van der Waals surface area contributed by atoms with Crippen LogP contribution < -0.4 is 20.1 Å². The number of amides is 2. The molecule has 2 amide bonds. The number of halogens is 4. The van der Waals surface area contributed by atoms with E-state index in [1.165, 1.54) is 36.4 Å². The summed E-state index contributed by atoms with van der Waals surface area (Å²) < 4.78 is 11.1. The monoisotopic (exact) mass is 1060 g/mol. The molecule has 366 valence electrons. The van der Waals surface area contributed by atoms with Crippen LogP contribution in [-0.4, -0.2) is 34.0 Å². The second kappa shape index (κ2) is 21.6. The first-order valence-electron chi connectivity index (χ1n) is 22.2. The predicted molar refractivity (Wildman–Crippen MR) is 287 cm³/mol. The lowest BCUT2D eigenvalue weighted by Gasteiger charge is -2.13. The lowest BCUT2D eigenvalue weighted by atomic mass is 10.0. The molecule has 14 nitrogen and oxygen atoms in total. The van der Waals surface area contributed by atoms with Gasteiger partial charge in [0.15, 0.2) is 11.5 Å². The third-order valence-corrected chi connectivity index (χ3v) is 12.7. The van der Waals surface area contributed by atoms with E-state index in [1.54, 1.807) is 135 Å². The van der Waals surface area contributed by atoms with E-state index in [9.17, 15) is 29.4 Å². The first-order valence-corrected chi connectivity index (χ1v) is 23.7. The summed E-state index contributed by atoms with van der Waals surface area (Å²) in [6, 6.07) is 41.8. The zero-order chi connectivity index (χ0) is 52.2. The molecule has 0 saturated carbocycles. The van der Waals surface area contributed by atoms with Gasteiger partial charge >= 0.3 is 11.9 Å². The number of carbonyl (C=O) groups is 4. The van der Waals surface area contributed by atoms with Crippen molar-refractivity contribution in [1.82, 2.24) is 0 Å². The van der Waals surface area contributed by atoms with Gasteiger partial charge in [-0.25, -0.2) is 9.59 Å². The Morgan fingerprint density at radius 3 is 1.23 bits per heavy atom. The van der Waals surface area contributed by atoms with Gasteiger partial charge in [0, 0.05) is 32.2 Å². The number of phenolic OH excluding ortho intramolecular Hbond substituents is 2. The van der Waals surface area contributed by atoms with Gasteiger partial charge in [0.2, 0.25) is 0 Å². The normalized spacial score (nSPS) is 11.3. The van der Waals surface area contributed by atoms with Crippen LogP contribution in [0.1, 0.15) is 52.6 Å². The molecule has 0 unspecified atom stereocenters. The maximum Gasteiger partial charge on any atom is 0.343 e. The number of phenols is 2. The van der Waals surface area contributed by atoms with E-state index in [0.717, 1.165) is 0 Å². The number of rotatable bonds is 12. The Kier molecular flexibility index (Phi) is 14.7. The Morgan fingerprint density at radius 2 is 0.838 bits per heavy atom. The van der Waals surface area contributed by atoms with Crippen LogP contribution >= 0.6 is 46.4 Å². The molecule has 0 aliphatic carbocycles. The molecule has 0 atom stereocenters. The number of fused-ring (bicyclic) bond motifs is 2. The molecular formula is C56H36Cl4N6O8. The Morgan fingerprint density at radius 1 is 0.446 bits per heavy atom. The van der Waals surface area contributed by atoms with Crippen LogP contribution in [0, 0.1) is 13.8 Å². The van der Waals surface area contributed by atoms with Crippen molar-refractivity contribution in [2.24, 2.45) is 20.5 Å².